The minimum atomic E-state index is -0.122. The molecule has 0 aromatic carbocycles. The van der Waals surface area contributed by atoms with Gasteiger partial charge in [0.2, 0.25) is 12.3 Å². The summed E-state index contributed by atoms with van der Waals surface area (Å²) in [5.41, 5.74) is 0.951. The maximum Gasteiger partial charge on any atom is 0.272 e. The molecule has 1 unspecified atom stereocenters. The standard InChI is InChI=1S/C25H32N6O3S/c1-16(24(2,3)4)34-20-13-19(28-21(29-20)18-14-27-31-11-12-35-23(18)31)22(33)30-9-5-17(6-10-30)25(7-8-25)26-15-32/h11-17H,5-10H2,1-4H3,(H,26,32). The van der Waals surface area contributed by atoms with Crippen molar-refractivity contribution in [3.05, 3.63) is 29.5 Å². The van der Waals surface area contributed by atoms with Gasteiger partial charge in [0.05, 0.1) is 11.8 Å². The van der Waals surface area contributed by atoms with E-state index < -0.39 is 0 Å². The summed E-state index contributed by atoms with van der Waals surface area (Å²) in [5.74, 6) is 1.11. The monoisotopic (exact) mass is 496 g/mol. The Balaban J connectivity index is 1.41. The molecule has 3 aromatic rings. The molecule has 35 heavy (non-hydrogen) atoms. The van der Waals surface area contributed by atoms with E-state index in [4.69, 9.17) is 4.74 Å². The predicted molar refractivity (Wildman–Crippen MR) is 133 cm³/mol. The fourth-order valence-corrected chi connectivity index (χ4v) is 5.47. The smallest absolute Gasteiger partial charge is 0.272 e. The van der Waals surface area contributed by atoms with E-state index in [-0.39, 0.29) is 23.0 Å². The van der Waals surface area contributed by atoms with Crippen LogP contribution in [0.4, 0.5) is 0 Å². The number of piperidine rings is 1. The maximum atomic E-state index is 13.6. The van der Waals surface area contributed by atoms with Gasteiger partial charge in [0.15, 0.2) is 5.82 Å². The summed E-state index contributed by atoms with van der Waals surface area (Å²) in [7, 11) is 0. The van der Waals surface area contributed by atoms with E-state index in [2.05, 4.69) is 41.2 Å². The van der Waals surface area contributed by atoms with Crippen molar-refractivity contribution in [3.8, 4) is 17.3 Å². The first-order valence-corrected chi connectivity index (χ1v) is 13.1. The molecule has 1 aliphatic heterocycles. The molecule has 1 saturated carbocycles. The number of rotatable bonds is 7. The number of nitrogens with one attached hydrogen (secondary N) is 1. The zero-order valence-electron chi connectivity index (χ0n) is 20.7. The summed E-state index contributed by atoms with van der Waals surface area (Å²) < 4.78 is 7.98. The second-order valence-corrected chi connectivity index (χ2v) is 11.6. The number of aromatic nitrogens is 4. The van der Waals surface area contributed by atoms with Crippen molar-refractivity contribution < 1.29 is 14.3 Å². The quantitative estimate of drug-likeness (QED) is 0.499. The summed E-state index contributed by atoms with van der Waals surface area (Å²) in [6.07, 6.45) is 8.10. The van der Waals surface area contributed by atoms with E-state index in [9.17, 15) is 9.59 Å². The Hall–Kier alpha value is -3.01. The number of likely N-dealkylation sites (tertiary alicyclic amines) is 1. The second-order valence-electron chi connectivity index (χ2n) is 10.7. The van der Waals surface area contributed by atoms with Gasteiger partial charge in [-0.1, -0.05) is 20.8 Å². The van der Waals surface area contributed by atoms with Gasteiger partial charge in [0, 0.05) is 36.3 Å². The van der Waals surface area contributed by atoms with Gasteiger partial charge in [-0.3, -0.25) is 9.59 Å². The summed E-state index contributed by atoms with van der Waals surface area (Å²) in [6, 6.07) is 1.66. The van der Waals surface area contributed by atoms with Crippen LogP contribution in [0.15, 0.2) is 23.8 Å². The third-order valence-corrected chi connectivity index (χ3v) is 8.40. The van der Waals surface area contributed by atoms with Crippen LogP contribution >= 0.6 is 11.3 Å². The number of amides is 2. The van der Waals surface area contributed by atoms with Gasteiger partial charge in [-0.15, -0.1) is 11.3 Å². The molecule has 3 aromatic heterocycles. The molecule has 2 fully saturated rings. The molecule has 0 spiro atoms. The van der Waals surface area contributed by atoms with Crippen LogP contribution in [-0.2, 0) is 4.79 Å². The Kier molecular flexibility index (Phi) is 6.03. The number of thiazole rings is 1. The fourth-order valence-electron chi connectivity index (χ4n) is 4.67. The van der Waals surface area contributed by atoms with E-state index in [1.807, 2.05) is 23.4 Å². The first-order valence-electron chi connectivity index (χ1n) is 12.2. The molecule has 1 atom stereocenters. The third kappa shape index (κ3) is 4.63. The molecular weight excluding hydrogens is 464 g/mol. The van der Waals surface area contributed by atoms with E-state index >= 15 is 0 Å². The largest absolute Gasteiger partial charge is 0.474 e. The van der Waals surface area contributed by atoms with Crippen molar-refractivity contribution >= 4 is 28.5 Å². The zero-order chi connectivity index (χ0) is 24.8. The van der Waals surface area contributed by atoms with Gasteiger partial charge in [-0.05, 0) is 43.9 Å². The van der Waals surface area contributed by atoms with Crippen molar-refractivity contribution in [2.45, 2.75) is 65.0 Å². The van der Waals surface area contributed by atoms with Gasteiger partial charge in [0.1, 0.15) is 16.6 Å². The molecule has 0 radical (unpaired) electrons. The molecule has 2 amide bonds. The Bertz CT molecular complexity index is 1230. The Morgan fingerprint density at radius 3 is 2.69 bits per heavy atom. The predicted octanol–water partition coefficient (Wildman–Crippen LogP) is 3.80. The highest BCUT2D eigenvalue weighted by Crippen LogP contribution is 2.46. The maximum absolute atomic E-state index is 13.6. The van der Waals surface area contributed by atoms with E-state index in [1.54, 1.807) is 28.1 Å². The fraction of sp³-hybridized carbons (Fsp3) is 0.560. The number of fused-ring (bicyclic) bond motifs is 1. The molecule has 0 bridgehead atoms. The zero-order valence-corrected chi connectivity index (χ0v) is 21.5. The van der Waals surface area contributed by atoms with Crippen molar-refractivity contribution in [2.75, 3.05) is 13.1 Å². The minimum Gasteiger partial charge on any atom is -0.474 e. The third-order valence-electron chi connectivity index (χ3n) is 7.51. The SMILES string of the molecule is CC(Oc1cc(C(=O)N2CCC(C3(NC=O)CC3)CC2)nc(-c2cnn3ccsc23)n1)C(C)(C)C. The first-order chi connectivity index (χ1) is 16.7. The average molecular weight is 497 g/mol. The molecule has 1 saturated heterocycles. The van der Waals surface area contributed by atoms with E-state index in [1.165, 1.54) is 0 Å². The van der Waals surface area contributed by atoms with Crippen molar-refractivity contribution in [3.63, 3.8) is 0 Å². The van der Waals surface area contributed by atoms with Crippen LogP contribution < -0.4 is 10.1 Å². The molecule has 2 aliphatic rings. The number of hydrogen-bond acceptors (Lipinski definition) is 7. The van der Waals surface area contributed by atoms with Crippen LogP contribution in [0.2, 0.25) is 0 Å². The minimum absolute atomic E-state index is 0.0579. The van der Waals surface area contributed by atoms with Crippen molar-refractivity contribution in [2.24, 2.45) is 11.3 Å². The first kappa shape index (κ1) is 23.7. The van der Waals surface area contributed by atoms with Crippen LogP contribution in [0, 0.1) is 11.3 Å². The lowest BCUT2D eigenvalue weighted by atomic mass is 9.87. The van der Waals surface area contributed by atoms with Crippen LogP contribution in [0.25, 0.3) is 16.2 Å². The Labute approximate surface area is 208 Å². The lowest BCUT2D eigenvalue weighted by Crippen LogP contribution is -2.46. The normalized spacial score (nSPS) is 18.9. The van der Waals surface area contributed by atoms with Gasteiger partial charge in [-0.2, -0.15) is 10.1 Å². The van der Waals surface area contributed by atoms with Crippen LogP contribution in [0.3, 0.4) is 0 Å². The molecule has 4 heterocycles. The highest BCUT2D eigenvalue weighted by Gasteiger charge is 2.49. The summed E-state index contributed by atoms with van der Waals surface area (Å²) in [6.45, 7) is 9.61. The summed E-state index contributed by atoms with van der Waals surface area (Å²) in [4.78, 5) is 36.7. The highest BCUT2D eigenvalue weighted by atomic mass is 32.1. The van der Waals surface area contributed by atoms with Crippen LogP contribution in [0.1, 0.15) is 63.9 Å². The molecular formula is C25H32N6O3S. The van der Waals surface area contributed by atoms with Crippen LogP contribution in [-0.4, -0.2) is 61.5 Å². The number of carbonyl (C=O) groups excluding carboxylic acids is 2. The van der Waals surface area contributed by atoms with Gasteiger partial charge < -0.3 is 15.0 Å². The molecule has 5 rings (SSSR count). The average Bonchev–Trinajstić information content (AvgIpc) is 3.27. The lowest BCUT2D eigenvalue weighted by Gasteiger charge is -2.36. The lowest BCUT2D eigenvalue weighted by molar-refractivity contribution is -0.110. The molecule has 10 heteroatoms. The van der Waals surface area contributed by atoms with Gasteiger partial charge in [-0.25, -0.2) is 9.50 Å². The molecule has 1 aliphatic carbocycles. The van der Waals surface area contributed by atoms with Crippen molar-refractivity contribution in [1.82, 2.24) is 29.8 Å². The molecule has 9 nitrogen and oxygen atoms in total. The number of nitrogens with zero attached hydrogens (tertiary/aromatic N) is 5. The Morgan fingerprint density at radius 2 is 2.03 bits per heavy atom. The second kappa shape index (κ2) is 8.89. The Morgan fingerprint density at radius 1 is 1.29 bits per heavy atom. The van der Waals surface area contributed by atoms with Crippen molar-refractivity contribution in [1.29, 1.82) is 0 Å². The molecule has 186 valence electrons. The molecule has 1 N–H and O–H groups in total. The van der Waals surface area contributed by atoms with Gasteiger partial charge >= 0.3 is 0 Å². The highest BCUT2D eigenvalue weighted by molar-refractivity contribution is 7.16. The van der Waals surface area contributed by atoms with Crippen LogP contribution in [0.5, 0.6) is 5.88 Å². The van der Waals surface area contributed by atoms with E-state index in [0.29, 0.717) is 36.4 Å². The van der Waals surface area contributed by atoms with Gasteiger partial charge in [0.25, 0.3) is 5.91 Å². The number of carbonyl (C=O) groups is 2. The number of hydrogen-bond donors (Lipinski definition) is 1. The number of ether oxygens (including phenoxy) is 1. The topological polar surface area (TPSA) is 102 Å². The summed E-state index contributed by atoms with van der Waals surface area (Å²) in [5, 5.41) is 9.36. The summed E-state index contributed by atoms with van der Waals surface area (Å²) >= 11 is 1.55. The van der Waals surface area contributed by atoms with E-state index in [0.717, 1.165) is 42.5 Å².